The summed E-state index contributed by atoms with van der Waals surface area (Å²) in [4.78, 5) is 0. The summed E-state index contributed by atoms with van der Waals surface area (Å²) in [5.74, 6) is -0.817. The van der Waals surface area contributed by atoms with Crippen molar-refractivity contribution in [1.82, 2.24) is 5.32 Å². The van der Waals surface area contributed by atoms with Gasteiger partial charge in [-0.25, -0.2) is 8.78 Å². The van der Waals surface area contributed by atoms with E-state index in [2.05, 4.69) is 12.2 Å². The van der Waals surface area contributed by atoms with Crippen molar-refractivity contribution in [3.8, 4) is 0 Å². The molecule has 2 unspecified atom stereocenters. The molecule has 1 aromatic carbocycles. The van der Waals surface area contributed by atoms with Crippen LogP contribution in [0.5, 0.6) is 0 Å². The Kier molecular flexibility index (Phi) is 4.00. The third-order valence-corrected chi connectivity index (χ3v) is 3.99. The zero-order valence-corrected chi connectivity index (χ0v) is 11.1. The third kappa shape index (κ3) is 2.56. The lowest BCUT2D eigenvalue weighted by atomic mass is 9.80. The molecule has 1 N–H and O–H groups in total. The Morgan fingerprint density at radius 3 is 2.61 bits per heavy atom. The molecule has 1 nitrogen and oxygen atoms in total. The van der Waals surface area contributed by atoms with Gasteiger partial charge in [0.1, 0.15) is 11.6 Å². The van der Waals surface area contributed by atoms with Gasteiger partial charge >= 0.3 is 0 Å². The van der Waals surface area contributed by atoms with Crippen LogP contribution in [0.3, 0.4) is 0 Å². The number of nitrogens with one attached hydrogen (secondary N) is 1. The van der Waals surface area contributed by atoms with Crippen molar-refractivity contribution in [1.29, 1.82) is 0 Å². The minimum atomic E-state index is -0.409. The van der Waals surface area contributed by atoms with Crippen LogP contribution in [-0.4, -0.2) is 12.6 Å². The molecule has 0 saturated heterocycles. The Morgan fingerprint density at radius 2 is 2.00 bits per heavy atom. The first-order chi connectivity index (χ1) is 8.57. The summed E-state index contributed by atoms with van der Waals surface area (Å²) in [7, 11) is 0. The van der Waals surface area contributed by atoms with Gasteiger partial charge in [0.2, 0.25) is 0 Å². The fraction of sp³-hybridized carbons (Fsp3) is 0.600. The molecule has 3 heteroatoms. The molecule has 1 saturated carbocycles. The van der Waals surface area contributed by atoms with Crippen LogP contribution in [-0.2, 0) is 5.41 Å². The van der Waals surface area contributed by atoms with Crippen LogP contribution in [0.15, 0.2) is 18.2 Å². The van der Waals surface area contributed by atoms with E-state index in [1.165, 1.54) is 18.2 Å². The van der Waals surface area contributed by atoms with E-state index in [9.17, 15) is 8.78 Å². The largest absolute Gasteiger partial charge is 0.314 e. The zero-order chi connectivity index (χ0) is 13.2. The first-order valence-corrected chi connectivity index (χ1v) is 6.74. The number of hydrogen-bond acceptors (Lipinski definition) is 1. The van der Waals surface area contributed by atoms with E-state index in [1.807, 2.05) is 6.92 Å². The standard InChI is InChI=1S/C15H21F2N/c1-3-9-18-11-7-8-15(2,10-11)14-12(16)5-4-6-13(14)17/h4-6,11,18H,3,7-10H2,1-2H3. The average molecular weight is 253 g/mol. The molecule has 100 valence electrons. The smallest absolute Gasteiger partial charge is 0.129 e. The Bertz CT molecular complexity index is 399. The summed E-state index contributed by atoms with van der Waals surface area (Å²) in [5, 5.41) is 3.45. The minimum absolute atomic E-state index is 0.269. The van der Waals surface area contributed by atoms with Crippen molar-refractivity contribution < 1.29 is 8.78 Å². The third-order valence-electron chi connectivity index (χ3n) is 3.99. The molecule has 0 aromatic heterocycles. The quantitative estimate of drug-likeness (QED) is 0.861. The van der Waals surface area contributed by atoms with Gasteiger partial charge in [-0.3, -0.25) is 0 Å². The van der Waals surface area contributed by atoms with Crippen LogP contribution in [0.25, 0.3) is 0 Å². The molecule has 1 aliphatic rings. The summed E-state index contributed by atoms with van der Waals surface area (Å²) in [5.41, 5.74) is -0.105. The molecular weight excluding hydrogens is 232 g/mol. The molecule has 2 atom stereocenters. The fourth-order valence-corrected chi connectivity index (χ4v) is 3.06. The first-order valence-electron chi connectivity index (χ1n) is 6.74. The van der Waals surface area contributed by atoms with Crippen molar-refractivity contribution in [2.45, 2.75) is 51.0 Å². The lowest BCUT2D eigenvalue weighted by Gasteiger charge is -2.26. The van der Waals surface area contributed by atoms with Gasteiger partial charge in [-0.15, -0.1) is 0 Å². The van der Waals surface area contributed by atoms with E-state index in [1.54, 1.807) is 0 Å². The van der Waals surface area contributed by atoms with E-state index in [0.29, 0.717) is 6.04 Å². The van der Waals surface area contributed by atoms with Gasteiger partial charge in [-0.05, 0) is 49.8 Å². The molecule has 0 bridgehead atoms. The van der Waals surface area contributed by atoms with Gasteiger partial charge in [0, 0.05) is 11.6 Å². The second-order valence-corrected chi connectivity index (χ2v) is 5.55. The van der Waals surface area contributed by atoms with Crippen molar-refractivity contribution in [2.24, 2.45) is 0 Å². The van der Waals surface area contributed by atoms with Gasteiger partial charge in [0.05, 0.1) is 0 Å². The van der Waals surface area contributed by atoms with Crippen LogP contribution in [0, 0.1) is 11.6 Å². The summed E-state index contributed by atoms with van der Waals surface area (Å²) < 4.78 is 27.7. The van der Waals surface area contributed by atoms with E-state index < -0.39 is 11.6 Å². The molecule has 0 amide bonds. The van der Waals surface area contributed by atoms with Crippen LogP contribution in [0.4, 0.5) is 8.78 Å². The van der Waals surface area contributed by atoms with Crippen LogP contribution in [0.1, 0.15) is 45.1 Å². The molecule has 0 aliphatic heterocycles. The normalized spacial score (nSPS) is 27.7. The van der Waals surface area contributed by atoms with Gasteiger partial charge in [0.25, 0.3) is 0 Å². The molecule has 0 radical (unpaired) electrons. The minimum Gasteiger partial charge on any atom is -0.314 e. The second kappa shape index (κ2) is 5.35. The van der Waals surface area contributed by atoms with E-state index >= 15 is 0 Å². The highest BCUT2D eigenvalue weighted by atomic mass is 19.1. The number of benzene rings is 1. The molecule has 1 fully saturated rings. The maximum absolute atomic E-state index is 13.9. The van der Waals surface area contributed by atoms with Gasteiger partial charge in [0.15, 0.2) is 0 Å². The number of hydrogen-bond donors (Lipinski definition) is 1. The topological polar surface area (TPSA) is 12.0 Å². The predicted molar refractivity (Wildman–Crippen MR) is 69.6 cm³/mol. The second-order valence-electron chi connectivity index (χ2n) is 5.55. The number of halogens is 2. The monoisotopic (exact) mass is 253 g/mol. The van der Waals surface area contributed by atoms with Crippen molar-refractivity contribution in [2.75, 3.05) is 6.54 Å². The van der Waals surface area contributed by atoms with E-state index in [0.717, 1.165) is 32.2 Å². The summed E-state index contributed by atoms with van der Waals surface area (Å²) in [6, 6.07) is 4.53. The molecular formula is C15H21F2N. The maximum atomic E-state index is 13.9. The fourth-order valence-electron chi connectivity index (χ4n) is 3.06. The zero-order valence-electron chi connectivity index (χ0n) is 11.1. The van der Waals surface area contributed by atoms with E-state index in [-0.39, 0.29) is 11.0 Å². The highest BCUT2D eigenvalue weighted by molar-refractivity contribution is 5.29. The van der Waals surface area contributed by atoms with E-state index in [4.69, 9.17) is 0 Å². The number of rotatable bonds is 4. The lowest BCUT2D eigenvalue weighted by molar-refractivity contribution is 0.408. The van der Waals surface area contributed by atoms with Crippen molar-refractivity contribution in [3.63, 3.8) is 0 Å². The molecule has 1 aliphatic carbocycles. The SMILES string of the molecule is CCCNC1CCC(C)(c2c(F)cccc2F)C1. The molecule has 1 aromatic rings. The van der Waals surface area contributed by atoms with Gasteiger partial charge < -0.3 is 5.32 Å². The van der Waals surface area contributed by atoms with Crippen LogP contribution < -0.4 is 5.32 Å². The Labute approximate surface area is 108 Å². The highest BCUT2D eigenvalue weighted by Gasteiger charge is 2.39. The Morgan fingerprint density at radius 1 is 1.33 bits per heavy atom. The first kappa shape index (κ1) is 13.5. The van der Waals surface area contributed by atoms with Crippen LogP contribution >= 0.6 is 0 Å². The van der Waals surface area contributed by atoms with Crippen molar-refractivity contribution >= 4 is 0 Å². The molecule has 0 spiro atoms. The predicted octanol–water partition coefficient (Wildman–Crippen LogP) is 3.77. The summed E-state index contributed by atoms with van der Waals surface area (Å²) >= 11 is 0. The van der Waals surface area contributed by atoms with Gasteiger partial charge in [-0.2, -0.15) is 0 Å². The van der Waals surface area contributed by atoms with Gasteiger partial charge in [-0.1, -0.05) is 19.9 Å². The molecule has 2 rings (SSSR count). The van der Waals surface area contributed by atoms with Crippen molar-refractivity contribution in [3.05, 3.63) is 35.4 Å². The molecule has 0 heterocycles. The lowest BCUT2D eigenvalue weighted by Crippen LogP contribution is -2.30. The summed E-state index contributed by atoms with van der Waals surface area (Å²) in [6.07, 6.45) is 3.72. The maximum Gasteiger partial charge on any atom is 0.129 e. The Balaban J connectivity index is 2.18. The van der Waals surface area contributed by atoms with Crippen LogP contribution in [0.2, 0.25) is 0 Å². The average Bonchev–Trinajstić information content (AvgIpc) is 2.69. The molecule has 18 heavy (non-hydrogen) atoms. The summed E-state index contributed by atoms with van der Waals surface area (Å²) in [6.45, 7) is 5.07. The Hall–Kier alpha value is -0.960. The highest BCUT2D eigenvalue weighted by Crippen LogP contribution is 2.42.